The smallest absolute Gasteiger partial charge is 0.408 e. The molecule has 0 aromatic heterocycles. The number of hydrogen-bond donors (Lipinski definition) is 2. The molecule has 1 amide bonds. The van der Waals surface area contributed by atoms with Gasteiger partial charge in [-0.15, -0.1) is 0 Å². The third-order valence-electron chi connectivity index (χ3n) is 5.00. The molecule has 3 aromatic carbocycles. The zero-order valence-corrected chi connectivity index (χ0v) is 19.4. The van der Waals surface area contributed by atoms with Crippen molar-refractivity contribution in [3.05, 3.63) is 111 Å². The molecule has 0 saturated carbocycles. The van der Waals surface area contributed by atoms with Gasteiger partial charge in [-0.2, -0.15) is 0 Å². The maximum Gasteiger partial charge on any atom is 0.408 e. The number of amides is 1. The van der Waals surface area contributed by atoms with E-state index in [9.17, 15) is 24.4 Å². The van der Waals surface area contributed by atoms with Crippen molar-refractivity contribution in [1.82, 2.24) is 5.32 Å². The van der Waals surface area contributed by atoms with Gasteiger partial charge in [0, 0.05) is 12.1 Å². The lowest BCUT2D eigenvalue weighted by Crippen LogP contribution is -2.29. The highest BCUT2D eigenvalue weighted by molar-refractivity contribution is 7.53. The van der Waals surface area contributed by atoms with E-state index in [0.29, 0.717) is 11.1 Å². The first-order valence-electron chi connectivity index (χ1n) is 10.5. The number of carbonyl (C=O) groups is 1. The summed E-state index contributed by atoms with van der Waals surface area (Å²) in [4.78, 5) is 33.4. The lowest BCUT2D eigenvalue weighted by Gasteiger charge is -2.24. The monoisotopic (exact) mass is 484 g/mol. The first-order valence-corrected chi connectivity index (χ1v) is 12.1. The van der Waals surface area contributed by atoms with Crippen molar-refractivity contribution in [2.45, 2.75) is 25.7 Å². The molecule has 0 bridgehead atoms. The number of nitro groups is 1. The van der Waals surface area contributed by atoms with Gasteiger partial charge in [0.25, 0.3) is 5.69 Å². The van der Waals surface area contributed by atoms with E-state index >= 15 is 0 Å². The predicted octanol–water partition coefficient (Wildman–Crippen LogP) is 5.27. The van der Waals surface area contributed by atoms with Gasteiger partial charge in [-0.25, -0.2) is 4.79 Å². The second-order valence-corrected chi connectivity index (χ2v) is 9.49. The zero-order chi connectivity index (χ0) is 24.6. The molecule has 0 heterocycles. The van der Waals surface area contributed by atoms with Crippen molar-refractivity contribution in [2.75, 3.05) is 6.61 Å². The highest BCUT2D eigenvalue weighted by Crippen LogP contribution is 2.55. The number of alkyl carbamates (subject to hydrolysis) is 1. The molecule has 10 heteroatoms. The Morgan fingerprint density at radius 3 is 2.29 bits per heavy atom. The number of nitrogens with zero attached hydrogens (tertiary/aromatic N) is 1. The van der Waals surface area contributed by atoms with E-state index in [1.165, 1.54) is 12.1 Å². The number of hydrogen-bond acceptors (Lipinski definition) is 6. The normalized spacial score (nSPS) is 13.5. The fourth-order valence-electron chi connectivity index (χ4n) is 3.13. The second-order valence-electron chi connectivity index (χ2n) is 7.59. The minimum atomic E-state index is -4.37. The van der Waals surface area contributed by atoms with Crippen molar-refractivity contribution >= 4 is 19.4 Å². The third kappa shape index (κ3) is 7.25. The van der Waals surface area contributed by atoms with E-state index < -0.39 is 24.4 Å². The summed E-state index contributed by atoms with van der Waals surface area (Å²) in [5.74, 6) is -1.34. The van der Waals surface area contributed by atoms with E-state index in [2.05, 4.69) is 5.32 Å². The van der Waals surface area contributed by atoms with Crippen molar-refractivity contribution < 1.29 is 28.4 Å². The number of carbonyl (C=O) groups excluding carboxylic acids is 1. The van der Waals surface area contributed by atoms with Crippen LogP contribution in [0.4, 0.5) is 10.5 Å². The Morgan fingerprint density at radius 2 is 1.68 bits per heavy atom. The van der Waals surface area contributed by atoms with Gasteiger partial charge in [-0.1, -0.05) is 72.3 Å². The minimum Gasteiger partial charge on any atom is -0.445 e. The van der Waals surface area contributed by atoms with Crippen LogP contribution in [0.1, 0.15) is 28.0 Å². The molecule has 0 saturated heterocycles. The lowest BCUT2D eigenvalue weighted by atomic mass is 10.1. The average molecular weight is 484 g/mol. The topological polar surface area (TPSA) is 128 Å². The largest absolute Gasteiger partial charge is 0.445 e. The summed E-state index contributed by atoms with van der Waals surface area (Å²) in [5, 5.41) is 13.2. The van der Waals surface area contributed by atoms with Gasteiger partial charge in [0.15, 0.2) is 5.78 Å². The molecule has 0 radical (unpaired) electrons. The van der Waals surface area contributed by atoms with Gasteiger partial charge in [-0.3, -0.25) is 14.7 Å². The molecule has 2 atom stereocenters. The summed E-state index contributed by atoms with van der Waals surface area (Å²) >= 11 is 0. The molecule has 0 fully saturated rings. The minimum absolute atomic E-state index is 0.00399. The Balaban J connectivity index is 1.66. The van der Waals surface area contributed by atoms with Gasteiger partial charge in [0.1, 0.15) is 6.61 Å². The van der Waals surface area contributed by atoms with Crippen molar-refractivity contribution in [2.24, 2.45) is 0 Å². The molecule has 3 rings (SSSR count). The molecular formula is C24H25N2O7P. The van der Waals surface area contributed by atoms with Gasteiger partial charge >= 0.3 is 13.7 Å². The van der Waals surface area contributed by atoms with Crippen molar-refractivity contribution in [3.63, 3.8) is 0 Å². The Bertz CT molecular complexity index is 1150. The second kappa shape index (κ2) is 11.6. The molecule has 178 valence electrons. The van der Waals surface area contributed by atoms with Crippen molar-refractivity contribution in [1.29, 1.82) is 0 Å². The van der Waals surface area contributed by atoms with Crippen LogP contribution in [0.25, 0.3) is 0 Å². The Morgan fingerprint density at radius 1 is 1.03 bits per heavy atom. The Hall–Kier alpha value is -3.52. The standard InChI is InChI=1S/C24H25N2O7P/c1-18-7-11-21(12-8-18)23(25-24(27)32-17-20-5-3-2-4-6-20)34(30,31)33-16-15-19-9-13-22(14-10-19)26(28)29/h2-14,23H,15-17H2,1H3,(H,25,27)(H,30,31). The van der Waals surface area contributed by atoms with Gasteiger partial charge in [0.05, 0.1) is 11.5 Å². The van der Waals surface area contributed by atoms with Crippen LogP contribution in [0.5, 0.6) is 0 Å². The molecule has 0 aliphatic rings. The fourth-order valence-corrected chi connectivity index (χ4v) is 4.45. The highest BCUT2D eigenvalue weighted by Gasteiger charge is 2.36. The average Bonchev–Trinajstić information content (AvgIpc) is 2.83. The van der Waals surface area contributed by atoms with E-state index in [1.54, 1.807) is 48.5 Å². The third-order valence-corrected chi connectivity index (χ3v) is 6.63. The number of non-ortho nitro benzene ring substituents is 1. The molecule has 0 aliphatic carbocycles. The van der Waals surface area contributed by atoms with E-state index in [0.717, 1.165) is 11.1 Å². The molecule has 2 N–H and O–H groups in total. The number of nitro benzene ring substituents is 1. The van der Waals surface area contributed by atoms with Gasteiger partial charge < -0.3 is 19.5 Å². The van der Waals surface area contributed by atoms with Crippen LogP contribution in [-0.4, -0.2) is 22.5 Å². The van der Waals surface area contributed by atoms with Gasteiger partial charge in [-0.05, 0) is 30.0 Å². The number of rotatable bonds is 10. The maximum atomic E-state index is 13.1. The van der Waals surface area contributed by atoms with Crippen LogP contribution in [0.15, 0.2) is 78.9 Å². The summed E-state index contributed by atoms with van der Waals surface area (Å²) in [6, 6.07) is 21.7. The molecule has 34 heavy (non-hydrogen) atoms. The lowest BCUT2D eigenvalue weighted by molar-refractivity contribution is -0.384. The summed E-state index contributed by atoms with van der Waals surface area (Å²) in [5.41, 5.74) is 2.77. The SMILES string of the molecule is Cc1ccc(C(NC(=O)OCc2ccccc2)P(=O)(O)OCCc2ccc([N+](=O)[O-])cc2)cc1. The molecular weight excluding hydrogens is 459 g/mol. The predicted molar refractivity (Wildman–Crippen MR) is 126 cm³/mol. The number of benzene rings is 3. The van der Waals surface area contributed by atoms with E-state index in [1.807, 2.05) is 25.1 Å². The summed E-state index contributed by atoms with van der Waals surface area (Å²) in [6.07, 6.45) is -0.607. The van der Waals surface area contributed by atoms with E-state index in [4.69, 9.17) is 9.26 Å². The Labute approximate surface area is 197 Å². The first kappa shape index (κ1) is 25.1. The maximum absolute atomic E-state index is 13.1. The van der Waals surface area contributed by atoms with E-state index in [-0.39, 0.29) is 25.3 Å². The highest BCUT2D eigenvalue weighted by atomic mass is 31.2. The number of ether oxygens (including phenoxy) is 1. The first-order chi connectivity index (χ1) is 16.2. The van der Waals surface area contributed by atoms with Crippen LogP contribution in [-0.2, 0) is 26.9 Å². The zero-order valence-electron chi connectivity index (χ0n) is 18.5. The van der Waals surface area contributed by atoms with Crippen LogP contribution < -0.4 is 5.32 Å². The van der Waals surface area contributed by atoms with Gasteiger partial charge in [0.2, 0.25) is 0 Å². The summed E-state index contributed by atoms with van der Waals surface area (Å²) < 4.78 is 23.7. The van der Waals surface area contributed by atoms with Crippen LogP contribution >= 0.6 is 7.60 Å². The van der Waals surface area contributed by atoms with Crippen molar-refractivity contribution in [3.8, 4) is 0 Å². The number of aryl methyl sites for hydroxylation is 1. The van der Waals surface area contributed by atoms with Crippen LogP contribution in [0.2, 0.25) is 0 Å². The quantitative estimate of drug-likeness (QED) is 0.228. The molecule has 3 aromatic rings. The number of nitrogens with one attached hydrogen (secondary N) is 1. The molecule has 0 spiro atoms. The molecule has 9 nitrogen and oxygen atoms in total. The van der Waals surface area contributed by atoms with Crippen LogP contribution in [0, 0.1) is 17.0 Å². The van der Waals surface area contributed by atoms with Crippen LogP contribution in [0.3, 0.4) is 0 Å². The summed E-state index contributed by atoms with van der Waals surface area (Å²) in [7, 11) is -4.37. The summed E-state index contributed by atoms with van der Waals surface area (Å²) in [6.45, 7) is 1.75. The molecule has 2 unspecified atom stereocenters. The molecule has 0 aliphatic heterocycles. The fraction of sp³-hybridized carbons (Fsp3) is 0.208. The Kier molecular flexibility index (Phi) is 8.54.